The summed E-state index contributed by atoms with van der Waals surface area (Å²) in [7, 11) is 0. The summed E-state index contributed by atoms with van der Waals surface area (Å²) in [6.45, 7) is 6.92. The molecule has 0 N–H and O–H groups in total. The van der Waals surface area contributed by atoms with Crippen molar-refractivity contribution in [3.05, 3.63) is 0 Å². The minimum absolute atomic E-state index is 0.873. The minimum Gasteiger partial charge on any atom is -0.0928 e. The van der Waals surface area contributed by atoms with E-state index >= 15 is 0 Å². The van der Waals surface area contributed by atoms with Crippen molar-refractivity contribution >= 4 is 15.9 Å². The van der Waals surface area contributed by atoms with E-state index in [1.165, 1.54) is 19.3 Å². The second-order valence-electron chi connectivity index (χ2n) is 3.55. The maximum absolute atomic E-state index is 3.46. The van der Waals surface area contributed by atoms with Crippen molar-refractivity contribution < 1.29 is 0 Å². The second kappa shape index (κ2) is 6.21. The lowest BCUT2D eigenvalue weighted by atomic mass is 9.98. The van der Waals surface area contributed by atoms with Gasteiger partial charge in [0.05, 0.1) is 0 Å². The van der Waals surface area contributed by atoms with Crippen LogP contribution in [-0.4, -0.2) is 5.33 Å². The summed E-state index contributed by atoms with van der Waals surface area (Å²) in [6, 6.07) is 0. The van der Waals surface area contributed by atoms with Gasteiger partial charge < -0.3 is 0 Å². The Balaban J connectivity index is 3.12. The summed E-state index contributed by atoms with van der Waals surface area (Å²) in [6.07, 6.45) is 4.10. The van der Waals surface area contributed by atoms with Gasteiger partial charge in [0.25, 0.3) is 0 Å². The Kier molecular flexibility index (Phi) is 6.50. The van der Waals surface area contributed by atoms with Gasteiger partial charge in [-0.15, -0.1) is 0 Å². The molecule has 1 atom stereocenters. The predicted molar refractivity (Wildman–Crippen MR) is 51.6 cm³/mol. The zero-order valence-corrected chi connectivity index (χ0v) is 8.95. The summed E-state index contributed by atoms with van der Waals surface area (Å²) in [4.78, 5) is 0. The molecule has 0 saturated carbocycles. The molecule has 10 heavy (non-hydrogen) atoms. The third kappa shape index (κ3) is 6.60. The van der Waals surface area contributed by atoms with Gasteiger partial charge in [0.15, 0.2) is 0 Å². The molecule has 0 aromatic rings. The van der Waals surface area contributed by atoms with E-state index < -0.39 is 0 Å². The Morgan fingerprint density at radius 1 is 1.00 bits per heavy atom. The van der Waals surface area contributed by atoms with Gasteiger partial charge in [0, 0.05) is 5.33 Å². The zero-order chi connectivity index (χ0) is 7.98. The smallest absolute Gasteiger partial charge is 0.00338 e. The lowest BCUT2D eigenvalue weighted by Crippen LogP contribution is -1.98. The molecule has 1 heteroatoms. The van der Waals surface area contributed by atoms with Crippen molar-refractivity contribution in [2.75, 3.05) is 5.33 Å². The Bertz CT molecular complexity index is 69.1. The molecule has 0 aromatic carbocycles. The molecule has 0 aromatic heterocycles. The second-order valence-corrected chi connectivity index (χ2v) is 4.35. The first kappa shape index (κ1) is 10.5. The highest BCUT2D eigenvalue weighted by atomic mass is 79.9. The van der Waals surface area contributed by atoms with Crippen molar-refractivity contribution in [1.82, 2.24) is 0 Å². The number of rotatable bonds is 5. The molecule has 0 spiro atoms. The van der Waals surface area contributed by atoms with Crippen molar-refractivity contribution in [1.29, 1.82) is 0 Å². The van der Waals surface area contributed by atoms with Crippen LogP contribution in [0.15, 0.2) is 0 Å². The molecule has 1 unspecified atom stereocenters. The predicted octanol–water partition coefficient (Wildman–Crippen LogP) is 3.84. The van der Waals surface area contributed by atoms with Gasteiger partial charge in [-0.2, -0.15) is 0 Å². The monoisotopic (exact) mass is 206 g/mol. The molecule has 0 saturated heterocycles. The van der Waals surface area contributed by atoms with Crippen molar-refractivity contribution in [3.63, 3.8) is 0 Å². The van der Waals surface area contributed by atoms with Gasteiger partial charge in [-0.05, 0) is 18.3 Å². The molecular formula is C9H19Br. The molecular weight excluding hydrogens is 188 g/mol. The van der Waals surface area contributed by atoms with E-state index in [0.29, 0.717) is 0 Å². The first-order chi connectivity index (χ1) is 4.66. The third-order valence-electron chi connectivity index (χ3n) is 1.84. The summed E-state index contributed by atoms with van der Waals surface area (Å²) in [5.41, 5.74) is 0. The standard InChI is InChI=1S/C9H19Br/c1-8(2)4-5-9(3)6-7-10/h8-9H,4-7H2,1-3H3. The van der Waals surface area contributed by atoms with Crippen molar-refractivity contribution in [2.45, 2.75) is 40.0 Å². The van der Waals surface area contributed by atoms with Gasteiger partial charge >= 0.3 is 0 Å². The SMILES string of the molecule is CC(C)CCC(C)CCBr. The summed E-state index contributed by atoms with van der Waals surface area (Å²) < 4.78 is 0. The number of alkyl halides is 1. The van der Waals surface area contributed by atoms with Crippen LogP contribution in [0.25, 0.3) is 0 Å². The van der Waals surface area contributed by atoms with Gasteiger partial charge in [-0.3, -0.25) is 0 Å². The highest BCUT2D eigenvalue weighted by Gasteiger charge is 2.01. The molecule has 0 aliphatic rings. The van der Waals surface area contributed by atoms with Gasteiger partial charge in [0.2, 0.25) is 0 Å². The van der Waals surface area contributed by atoms with E-state index in [4.69, 9.17) is 0 Å². The molecule has 0 amide bonds. The normalized spacial score (nSPS) is 14.1. The third-order valence-corrected chi connectivity index (χ3v) is 2.30. The Labute approximate surface area is 73.5 Å². The maximum Gasteiger partial charge on any atom is 0.00338 e. The fourth-order valence-electron chi connectivity index (χ4n) is 0.948. The van der Waals surface area contributed by atoms with E-state index in [2.05, 4.69) is 36.7 Å². The number of halogens is 1. The van der Waals surface area contributed by atoms with E-state index in [-0.39, 0.29) is 0 Å². The van der Waals surface area contributed by atoms with E-state index in [1.807, 2.05) is 0 Å². The van der Waals surface area contributed by atoms with Crippen LogP contribution in [0.4, 0.5) is 0 Å². The molecule has 0 rings (SSSR count). The molecule has 0 aliphatic heterocycles. The quantitative estimate of drug-likeness (QED) is 0.601. The van der Waals surface area contributed by atoms with E-state index in [0.717, 1.165) is 17.2 Å². The number of hydrogen-bond acceptors (Lipinski definition) is 0. The Morgan fingerprint density at radius 3 is 2.00 bits per heavy atom. The average Bonchev–Trinajstić information content (AvgIpc) is 1.85. The first-order valence-electron chi connectivity index (χ1n) is 4.22. The van der Waals surface area contributed by atoms with Crippen LogP contribution in [0.2, 0.25) is 0 Å². The molecule has 0 nitrogen and oxygen atoms in total. The molecule has 0 bridgehead atoms. The lowest BCUT2D eigenvalue weighted by Gasteiger charge is -2.10. The van der Waals surface area contributed by atoms with Crippen LogP contribution in [0.1, 0.15) is 40.0 Å². The first-order valence-corrected chi connectivity index (χ1v) is 5.35. The fourth-order valence-corrected chi connectivity index (χ4v) is 1.73. The Hall–Kier alpha value is 0.480. The van der Waals surface area contributed by atoms with Gasteiger partial charge in [0.1, 0.15) is 0 Å². The highest BCUT2D eigenvalue weighted by Crippen LogP contribution is 2.15. The Morgan fingerprint density at radius 2 is 1.60 bits per heavy atom. The average molecular weight is 207 g/mol. The minimum atomic E-state index is 0.873. The van der Waals surface area contributed by atoms with Crippen LogP contribution in [-0.2, 0) is 0 Å². The zero-order valence-electron chi connectivity index (χ0n) is 7.36. The van der Waals surface area contributed by atoms with Crippen LogP contribution >= 0.6 is 15.9 Å². The molecule has 0 radical (unpaired) electrons. The van der Waals surface area contributed by atoms with Gasteiger partial charge in [-0.25, -0.2) is 0 Å². The van der Waals surface area contributed by atoms with Crippen LogP contribution in [0.5, 0.6) is 0 Å². The molecule has 62 valence electrons. The molecule has 0 heterocycles. The summed E-state index contributed by atoms with van der Waals surface area (Å²) in [5.74, 6) is 1.78. The van der Waals surface area contributed by atoms with Crippen molar-refractivity contribution in [2.24, 2.45) is 11.8 Å². The van der Waals surface area contributed by atoms with E-state index in [9.17, 15) is 0 Å². The molecule has 0 fully saturated rings. The highest BCUT2D eigenvalue weighted by molar-refractivity contribution is 9.09. The van der Waals surface area contributed by atoms with E-state index in [1.54, 1.807) is 0 Å². The number of hydrogen-bond donors (Lipinski definition) is 0. The van der Waals surface area contributed by atoms with Crippen molar-refractivity contribution in [3.8, 4) is 0 Å². The molecule has 0 aliphatic carbocycles. The van der Waals surface area contributed by atoms with Crippen LogP contribution < -0.4 is 0 Å². The van der Waals surface area contributed by atoms with Crippen LogP contribution in [0, 0.1) is 11.8 Å². The maximum atomic E-state index is 3.46. The van der Waals surface area contributed by atoms with Gasteiger partial charge in [-0.1, -0.05) is 49.5 Å². The summed E-state index contributed by atoms with van der Waals surface area (Å²) in [5, 5.41) is 1.16. The largest absolute Gasteiger partial charge is 0.0928 e. The fraction of sp³-hybridized carbons (Fsp3) is 1.00. The topological polar surface area (TPSA) is 0 Å². The lowest BCUT2D eigenvalue weighted by molar-refractivity contribution is 0.444. The summed E-state index contributed by atoms with van der Waals surface area (Å²) >= 11 is 3.46. The van der Waals surface area contributed by atoms with Crippen LogP contribution in [0.3, 0.4) is 0 Å².